The molecule has 50 heavy (non-hydrogen) atoms. The van der Waals surface area contributed by atoms with Crippen LogP contribution < -0.4 is 0 Å². The molecule has 0 fully saturated rings. The van der Waals surface area contributed by atoms with Crippen LogP contribution in [0, 0.1) is 0 Å². The van der Waals surface area contributed by atoms with Crippen LogP contribution in [0.15, 0.2) is 42.5 Å². The lowest BCUT2D eigenvalue weighted by molar-refractivity contribution is 1.17. The molecule has 2 aliphatic rings. The fraction of sp³-hybridized carbons (Fsp3) is 0. The van der Waals surface area contributed by atoms with Crippen molar-refractivity contribution in [2.24, 2.45) is 0 Å². The van der Waals surface area contributed by atoms with Gasteiger partial charge in [0.2, 0.25) is 0 Å². The van der Waals surface area contributed by atoms with Crippen molar-refractivity contribution in [1.82, 2.24) is 39.0 Å². The van der Waals surface area contributed by atoms with E-state index in [9.17, 15) is 0 Å². The third-order valence-corrected chi connectivity index (χ3v) is 12.5. The number of halogens is 10. The van der Waals surface area contributed by atoms with Gasteiger partial charge in [-0.1, -0.05) is 141 Å². The molecule has 0 unspecified atom stereocenters. The summed E-state index contributed by atoms with van der Waals surface area (Å²) in [5, 5.41) is 2.21. The normalized spacial score (nSPS) is 12.2. The summed E-state index contributed by atoms with van der Waals surface area (Å²) in [7, 11) is 0. The van der Waals surface area contributed by atoms with E-state index in [2.05, 4.69) is 4.98 Å². The highest BCUT2D eigenvalue weighted by Gasteiger charge is 2.31. The summed E-state index contributed by atoms with van der Waals surface area (Å²) in [6, 6.07) is 12.7. The SMILES string of the molecule is Clc1c(Cl)c(Cl)c2c(c1Cl)-c1nc-2nc2c3c(Cl)cccc3c(nc3nc(nc4[nH]c(n1)c1c(Cl)c(Cl)c(Cl)c(Cl)c41)-c1ccccc1-3)n2Cl. The molecule has 3 aromatic heterocycles. The van der Waals surface area contributed by atoms with Crippen LogP contribution >= 0.6 is 116 Å². The van der Waals surface area contributed by atoms with E-state index in [-0.39, 0.29) is 79.9 Å². The molecule has 8 nitrogen and oxygen atoms in total. The summed E-state index contributed by atoms with van der Waals surface area (Å²) >= 11 is 67.3. The van der Waals surface area contributed by atoms with Crippen LogP contribution in [0.2, 0.25) is 45.2 Å². The van der Waals surface area contributed by atoms with Gasteiger partial charge in [-0.3, -0.25) is 0 Å². The van der Waals surface area contributed by atoms with E-state index in [0.29, 0.717) is 55.0 Å². The minimum atomic E-state index is -0.0184. The number of aromatic amines is 1. The number of hydrogen-bond donors (Lipinski definition) is 1. The summed E-state index contributed by atoms with van der Waals surface area (Å²) in [5.74, 6) is 0.709. The number of nitrogens with one attached hydrogen (secondary N) is 1. The van der Waals surface area contributed by atoms with E-state index < -0.39 is 0 Å². The van der Waals surface area contributed by atoms with E-state index in [0.717, 1.165) is 0 Å². The second kappa shape index (κ2) is 11.8. The maximum absolute atomic E-state index is 7.04. The largest absolute Gasteiger partial charge is 0.324 e. The molecule has 0 spiro atoms. The van der Waals surface area contributed by atoms with Gasteiger partial charge in [0.25, 0.3) is 0 Å². The summed E-state index contributed by atoms with van der Waals surface area (Å²) in [6.07, 6.45) is 0. The van der Waals surface area contributed by atoms with Gasteiger partial charge in [-0.15, -0.1) is 0 Å². The van der Waals surface area contributed by atoms with Gasteiger partial charge >= 0.3 is 0 Å². The van der Waals surface area contributed by atoms with Crippen molar-refractivity contribution < 1.29 is 0 Å². The molecule has 8 bridgehead atoms. The lowest BCUT2D eigenvalue weighted by atomic mass is 10.1. The Hall–Kier alpha value is -2.86. The van der Waals surface area contributed by atoms with Crippen molar-refractivity contribution >= 4 is 160 Å². The molecule has 9 rings (SSSR count). The van der Waals surface area contributed by atoms with Crippen molar-refractivity contribution in [3.8, 4) is 45.6 Å². The van der Waals surface area contributed by atoms with Gasteiger partial charge in [0.1, 0.15) is 11.3 Å². The van der Waals surface area contributed by atoms with Gasteiger partial charge in [-0.2, -0.15) is 0 Å². The summed E-state index contributed by atoms with van der Waals surface area (Å²) in [6.45, 7) is 0. The molecule has 1 N–H and O–H groups in total. The highest BCUT2D eigenvalue weighted by molar-refractivity contribution is 6.57. The lowest BCUT2D eigenvalue weighted by Crippen LogP contribution is -1.90. The molecule has 2 aliphatic heterocycles. The Morgan fingerprint density at radius 3 is 1.52 bits per heavy atom. The van der Waals surface area contributed by atoms with Gasteiger partial charge in [0.15, 0.2) is 34.6 Å². The van der Waals surface area contributed by atoms with Gasteiger partial charge < -0.3 is 4.98 Å². The molecule has 0 saturated carbocycles. The predicted molar refractivity (Wildman–Crippen MR) is 206 cm³/mol. The molecule has 246 valence electrons. The quantitative estimate of drug-likeness (QED) is 0.120. The van der Waals surface area contributed by atoms with Gasteiger partial charge in [0, 0.05) is 33.7 Å². The smallest absolute Gasteiger partial charge is 0.166 e. The van der Waals surface area contributed by atoms with Crippen molar-refractivity contribution in [3.63, 3.8) is 0 Å². The molecule has 0 atom stereocenters. The van der Waals surface area contributed by atoms with E-state index in [1.165, 1.54) is 4.09 Å². The summed E-state index contributed by atoms with van der Waals surface area (Å²) in [4.78, 5) is 32.3. The highest BCUT2D eigenvalue weighted by atomic mass is 35.5. The molecule has 5 heterocycles. The standard InChI is InChI=1S/C32H8Cl10N8/c33-11-7-3-6-10-12(11)32-49-30-16-15(19(36)23(40)24(41)20(16)37)29(47-30)46-28-14-13(17(34)21(38)22(39)18(14)35)27(45-28)44-25-8-4-1-2-5-9(8)26(43-25)48-31(10)50(32)42/h1-7H,(H,43,44,45,46,47,48,49). The fourth-order valence-corrected chi connectivity index (χ4v) is 8.59. The van der Waals surface area contributed by atoms with Crippen LogP contribution in [-0.4, -0.2) is 39.0 Å². The van der Waals surface area contributed by atoms with Crippen LogP contribution in [0.4, 0.5) is 0 Å². The molecule has 0 radical (unpaired) electrons. The van der Waals surface area contributed by atoms with Crippen LogP contribution in [0.3, 0.4) is 0 Å². The van der Waals surface area contributed by atoms with E-state index >= 15 is 0 Å². The first-order chi connectivity index (χ1) is 24.0. The number of nitrogens with zero attached hydrogens (tertiary/aromatic N) is 7. The average Bonchev–Trinajstić information content (AvgIpc) is 3.82. The van der Waals surface area contributed by atoms with Crippen LogP contribution in [0.5, 0.6) is 0 Å². The first-order valence-corrected chi connectivity index (χ1v) is 17.8. The maximum atomic E-state index is 7.04. The Morgan fingerprint density at radius 2 is 0.920 bits per heavy atom. The van der Waals surface area contributed by atoms with E-state index in [4.69, 9.17) is 146 Å². The number of fused-ring (bicyclic) bond motifs is 20. The summed E-state index contributed by atoms with van der Waals surface area (Å²) in [5.41, 5.74) is 2.69. The first kappa shape index (κ1) is 33.0. The molecule has 0 amide bonds. The Morgan fingerprint density at radius 1 is 0.440 bits per heavy atom. The predicted octanol–water partition coefficient (Wildman–Crippen LogP) is 13.2. The van der Waals surface area contributed by atoms with Crippen molar-refractivity contribution in [2.45, 2.75) is 0 Å². The minimum absolute atomic E-state index is 0.00538. The molecular weight excluding hydrogens is 851 g/mol. The zero-order chi connectivity index (χ0) is 34.9. The van der Waals surface area contributed by atoms with Crippen LogP contribution in [-0.2, 0) is 0 Å². The second-order valence-corrected chi connectivity index (χ2v) is 14.7. The van der Waals surface area contributed by atoms with Crippen molar-refractivity contribution in [1.29, 1.82) is 0 Å². The Labute approximate surface area is 329 Å². The monoisotopic (exact) mass is 854 g/mol. The maximum Gasteiger partial charge on any atom is 0.166 e. The fourth-order valence-electron chi connectivity index (χ4n) is 6.03. The number of H-pyrrole nitrogens is 1. The molecular formula is C32H8Cl10N8. The number of benzene rings is 4. The molecule has 0 aliphatic carbocycles. The Kier molecular flexibility index (Phi) is 7.81. The second-order valence-electron chi connectivity index (χ2n) is 10.9. The van der Waals surface area contributed by atoms with Crippen molar-refractivity contribution in [2.75, 3.05) is 0 Å². The van der Waals surface area contributed by atoms with E-state index in [1.807, 2.05) is 30.3 Å². The minimum Gasteiger partial charge on any atom is -0.324 e. The van der Waals surface area contributed by atoms with Crippen molar-refractivity contribution in [3.05, 3.63) is 87.7 Å². The van der Waals surface area contributed by atoms with Crippen LogP contribution in [0.1, 0.15) is 0 Å². The topological polar surface area (TPSA) is 98.1 Å². The summed E-state index contributed by atoms with van der Waals surface area (Å²) < 4.78 is 1.27. The highest BCUT2D eigenvalue weighted by Crippen LogP contribution is 2.52. The Bertz CT molecular complexity index is 2900. The zero-order valence-corrected chi connectivity index (χ0v) is 31.5. The Balaban J connectivity index is 1.59. The number of hydrogen-bond acceptors (Lipinski definition) is 6. The number of aromatic nitrogens is 8. The van der Waals surface area contributed by atoms with Gasteiger partial charge in [-0.25, -0.2) is 34.0 Å². The molecule has 4 aromatic carbocycles. The lowest BCUT2D eigenvalue weighted by Gasteiger charge is -2.09. The first-order valence-electron chi connectivity index (χ1n) is 14.1. The van der Waals surface area contributed by atoms with Crippen LogP contribution in [0.25, 0.3) is 89.7 Å². The third kappa shape index (κ3) is 4.61. The van der Waals surface area contributed by atoms with Gasteiger partial charge in [0.05, 0.1) is 67.1 Å². The number of rotatable bonds is 0. The molecule has 0 saturated heterocycles. The van der Waals surface area contributed by atoms with Gasteiger partial charge in [-0.05, 0) is 6.07 Å². The molecule has 18 heteroatoms. The third-order valence-electron chi connectivity index (χ3n) is 8.23. The molecule has 7 aromatic rings. The zero-order valence-electron chi connectivity index (χ0n) is 24.0. The van der Waals surface area contributed by atoms with E-state index in [1.54, 1.807) is 12.1 Å². The average molecular weight is 859 g/mol.